The van der Waals surface area contributed by atoms with Crippen LogP contribution in [0.25, 0.3) is 5.73 Å². The summed E-state index contributed by atoms with van der Waals surface area (Å²) >= 11 is 0. The molecule has 0 aromatic rings. The average Bonchev–Trinajstić information content (AvgIpc) is 2.79. The number of esters is 1. The van der Waals surface area contributed by atoms with Gasteiger partial charge in [-0.15, -0.1) is 6.04 Å². The maximum absolute atomic E-state index is 11.5. The molecule has 6 heteroatoms. The van der Waals surface area contributed by atoms with Gasteiger partial charge in [0.25, 0.3) is 0 Å². The minimum atomic E-state index is -0.336. The van der Waals surface area contributed by atoms with Gasteiger partial charge in [-0.1, -0.05) is 25.4 Å². The molecule has 1 heterocycles. The first-order valence-corrected chi connectivity index (χ1v) is 5.58. The molecule has 0 amide bonds. The van der Waals surface area contributed by atoms with Gasteiger partial charge in [0.05, 0.1) is 18.7 Å². The number of carbonyl (C=O) groups excluding carboxylic acids is 1. The van der Waals surface area contributed by atoms with Crippen LogP contribution in [0.4, 0.5) is 0 Å². The summed E-state index contributed by atoms with van der Waals surface area (Å²) in [5.74, 6) is -0.397. The minimum Gasteiger partial charge on any atom is -0.674 e. The van der Waals surface area contributed by atoms with Crippen molar-refractivity contribution in [2.75, 3.05) is 7.11 Å². The number of oxime groups is 1. The fourth-order valence-corrected chi connectivity index (χ4v) is 2.60. The molecule has 1 saturated carbocycles. The van der Waals surface area contributed by atoms with Gasteiger partial charge >= 0.3 is 5.97 Å². The Morgan fingerprint density at radius 3 is 2.76 bits per heavy atom. The number of fused-ring (bicyclic) bond motifs is 1. The van der Waals surface area contributed by atoms with Crippen LogP contribution in [0.5, 0.6) is 0 Å². The Kier molecular flexibility index (Phi) is 4.73. The van der Waals surface area contributed by atoms with Gasteiger partial charge < -0.3 is 15.3 Å². The maximum Gasteiger partial charge on any atom is 0.312 e. The smallest absolute Gasteiger partial charge is 0.312 e. The summed E-state index contributed by atoms with van der Waals surface area (Å²) in [6.45, 7) is 4.06. The number of nitrogens with one attached hydrogen (secondary N) is 1. The average molecular weight is 409 g/mol. The third-order valence-corrected chi connectivity index (χ3v) is 3.41. The van der Waals surface area contributed by atoms with E-state index in [4.69, 9.17) is 15.3 Å². The molecule has 3 unspecified atom stereocenters. The fourth-order valence-electron chi connectivity index (χ4n) is 2.60. The first kappa shape index (κ1) is 14.6. The molecule has 2 aliphatic rings. The zero-order valence-corrected chi connectivity index (χ0v) is 13.1. The second-order valence-corrected chi connectivity index (χ2v) is 4.74. The van der Waals surface area contributed by atoms with Gasteiger partial charge in [0.2, 0.25) is 0 Å². The maximum atomic E-state index is 11.5. The molecule has 0 aromatic heterocycles. The standard InChI is InChI=1S/C11H17N2O3.W/c1-5(2)9-8-7(12)4-6(11(14)15-3)10(8)16-13-9;/h5-8,10,12H,4H2,1-3H3;/q-1;/t6?,7?,8-,10?;/m0./s1. The molecule has 4 atom stereocenters. The summed E-state index contributed by atoms with van der Waals surface area (Å²) in [6, 6.07) is -0.308. The van der Waals surface area contributed by atoms with Crippen molar-refractivity contribution in [3.8, 4) is 0 Å². The first-order chi connectivity index (χ1) is 7.56. The number of hydrogen-bond acceptors (Lipinski definition) is 4. The molecule has 96 valence electrons. The number of rotatable bonds is 2. The van der Waals surface area contributed by atoms with Gasteiger partial charge in [-0.25, -0.2) is 0 Å². The molecule has 0 bridgehead atoms. The Labute approximate surface area is 115 Å². The molecule has 0 saturated heterocycles. The van der Waals surface area contributed by atoms with Gasteiger partial charge in [0.15, 0.2) is 0 Å². The van der Waals surface area contributed by atoms with Crippen molar-refractivity contribution in [1.82, 2.24) is 0 Å². The zero-order valence-electron chi connectivity index (χ0n) is 10.2. The second-order valence-electron chi connectivity index (χ2n) is 4.74. The van der Waals surface area contributed by atoms with Crippen molar-refractivity contribution < 1.29 is 35.4 Å². The summed E-state index contributed by atoms with van der Waals surface area (Å²) in [7, 11) is 1.37. The summed E-state index contributed by atoms with van der Waals surface area (Å²) < 4.78 is 4.73. The van der Waals surface area contributed by atoms with Crippen molar-refractivity contribution in [1.29, 1.82) is 0 Å². The van der Waals surface area contributed by atoms with Crippen molar-refractivity contribution in [2.24, 2.45) is 22.9 Å². The topological polar surface area (TPSA) is 71.7 Å². The first-order valence-electron chi connectivity index (χ1n) is 5.58. The molecule has 17 heavy (non-hydrogen) atoms. The Hall–Kier alpha value is -0.412. The third kappa shape index (κ3) is 2.41. The number of carbonyl (C=O) groups is 1. The van der Waals surface area contributed by atoms with Gasteiger partial charge in [0, 0.05) is 27.0 Å². The van der Waals surface area contributed by atoms with Crippen LogP contribution in [0.3, 0.4) is 0 Å². The van der Waals surface area contributed by atoms with Crippen molar-refractivity contribution in [3.05, 3.63) is 5.73 Å². The summed E-state index contributed by atoms with van der Waals surface area (Å²) in [4.78, 5) is 16.9. The van der Waals surface area contributed by atoms with E-state index in [1.807, 2.05) is 13.8 Å². The molecule has 1 fully saturated rings. The Balaban J connectivity index is 0.00000144. The van der Waals surface area contributed by atoms with E-state index in [0.717, 1.165) is 5.71 Å². The largest absolute Gasteiger partial charge is 0.674 e. The number of hydrogen-bond donors (Lipinski definition) is 0. The van der Waals surface area contributed by atoms with E-state index in [0.29, 0.717) is 6.42 Å². The molecule has 2 rings (SSSR count). The van der Waals surface area contributed by atoms with E-state index in [-0.39, 0.29) is 56.9 Å². The SMILES string of the molecule is COC(=O)C1CC([NH-])[C@H]2C(C(C)C)=NOC12.[W]. The van der Waals surface area contributed by atoms with Crippen LogP contribution in [0, 0.1) is 17.8 Å². The fraction of sp³-hybridized carbons (Fsp3) is 0.818. The van der Waals surface area contributed by atoms with Crippen LogP contribution < -0.4 is 0 Å². The van der Waals surface area contributed by atoms with E-state index in [9.17, 15) is 4.79 Å². The third-order valence-electron chi connectivity index (χ3n) is 3.41. The molecule has 1 aliphatic heterocycles. The van der Waals surface area contributed by atoms with Crippen LogP contribution >= 0.6 is 0 Å². The van der Waals surface area contributed by atoms with Crippen molar-refractivity contribution in [3.63, 3.8) is 0 Å². The molecule has 5 nitrogen and oxygen atoms in total. The molecule has 1 aliphatic carbocycles. The van der Waals surface area contributed by atoms with Crippen LogP contribution in [-0.4, -0.2) is 30.9 Å². The van der Waals surface area contributed by atoms with Gasteiger partial charge in [-0.3, -0.25) is 4.79 Å². The predicted octanol–water partition coefficient (Wildman–Crippen LogP) is 1.62. The molecular weight excluding hydrogens is 392 g/mol. The second kappa shape index (κ2) is 5.49. The van der Waals surface area contributed by atoms with E-state index in [1.165, 1.54) is 7.11 Å². The summed E-state index contributed by atoms with van der Waals surface area (Å²) in [6.07, 6.45) is 0.223. The number of nitrogens with zero attached hydrogens (tertiary/aromatic N) is 1. The Morgan fingerprint density at radius 1 is 1.59 bits per heavy atom. The summed E-state index contributed by atoms with van der Waals surface area (Å²) in [5, 5.41) is 4.03. The van der Waals surface area contributed by atoms with E-state index in [1.54, 1.807) is 0 Å². The van der Waals surface area contributed by atoms with Gasteiger partial charge in [-0.2, -0.15) is 0 Å². The number of methoxy groups -OCH3 is 1. The molecule has 0 spiro atoms. The van der Waals surface area contributed by atoms with Gasteiger partial charge in [-0.05, 0) is 5.92 Å². The van der Waals surface area contributed by atoms with Gasteiger partial charge in [0.1, 0.15) is 6.10 Å². The van der Waals surface area contributed by atoms with Crippen molar-refractivity contribution in [2.45, 2.75) is 32.4 Å². The quantitative estimate of drug-likeness (QED) is 0.651. The Morgan fingerprint density at radius 2 is 2.24 bits per heavy atom. The van der Waals surface area contributed by atoms with E-state index >= 15 is 0 Å². The summed E-state index contributed by atoms with van der Waals surface area (Å²) in [5.41, 5.74) is 8.93. The minimum absolute atomic E-state index is 0. The van der Waals surface area contributed by atoms with E-state index in [2.05, 4.69) is 5.16 Å². The molecule has 0 aromatic carbocycles. The van der Waals surface area contributed by atoms with E-state index < -0.39 is 0 Å². The molecule has 0 radical (unpaired) electrons. The normalized spacial score (nSPS) is 34.8. The van der Waals surface area contributed by atoms with Crippen LogP contribution in [0.15, 0.2) is 5.16 Å². The molecular formula is C11H17N2O3W-. The van der Waals surface area contributed by atoms with Crippen LogP contribution in [-0.2, 0) is 35.4 Å². The van der Waals surface area contributed by atoms with Crippen LogP contribution in [0.2, 0.25) is 0 Å². The van der Waals surface area contributed by atoms with Crippen LogP contribution in [0.1, 0.15) is 20.3 Å². The monoisotopic (exact) mass is 409 g/mol. The number of ether oxygens (including phenoxy) is 1. The predicted molar refractivity (Wildman–Crippen MR) is 58.9 cm³/mol. The molecule has 1 N–H and O–H groups in total. The Bertz CT molecular complexity index is 333. The van der Waals surface area contributed by atoms with Crippen molar-refractivity contribution >= 4 is 11.7 Å². The zero-order chi connectivity index (χ0) is 11.9.